The average Bonchev–Trinajstić information content (AvgIpc) is 2.43. The normalized spacial score (nSPS) is 14.0. The summed E-state index contributed by atoms with van der Waals surface area (Å²) in [4.78, 5) is 22.6. The first kappa shape index (κ1) is 19.0. The van der Waals surface area contributed by atoms with Crippen LogP contribution in [-0.4, -0.2) is 29.3 Å². The van der Waals surface area contributed by atoms with Gasteiger partial charge in [0.2, 0.25) is 0 Å². The molecule has 23 heavy (non-hydrogen) atoms. The maximum absolute atomic E-state index is 11.7. The van der Waals surface area contributed by atoms with Crippen LogP contribution < -0.4 is 5.32 Å². The number of rotatable bonds is 6. The second kappa shape index (κ2) is 7.99. The summed E-state index contributed by atoms with van der Waals surface area (Å²) in [5, 5.41) is 11.8. The predicted octanol–water partition coefficient (Wildman–Crippen LogP) is 3.58. The molecule has 1 amide bonds. The van der Waals surface area contributed by atoms with Crippen molar-refractivity contribution < 1.29 is 19.4 Å². The Morgan fingerprint density at radius 1 is 1.26 bits per heavy atom. The summed E-state index contributed by atoms with van der Waals surface area (Å²) in [6.45, 7) is 9.64. The Morgan fingerprint density at radius 3 is 2.48 bits per heavy atom. The summed E-state index contributed by atoms with van der Waals surface area (Å²) in [6.07, 6.45) is 0.0649. The van der Waals surface area contributed by atoms with Crippen molar-refractivity contribution in [2.24, 2.45) is 5.92 Å². The molecule has 2 atom stereocenters. The lowest BCUT2D eigenvalue weighted by Crippen LogP contribution is -2.34. The maximum atomic E-state index is 11.7. The van der Waals surface area contributed by atoms with Crippen LogP contribution in [0.25, 0.3) is 0 Å². The molecule has 0 spiro atoms. The van der Waals surface area contributed by atoms with Gasteiger partial charge in [-0.3, -0.25) is 4.79 Å². The van der Waals surface area contributed by atoms with Gasteiger partial charge in [-0.05, 0) is 44.2 Å². The largest absolute Gasteiger partial charge is 0.481 e. The lowest BCUT2D eigenvalue weighted by atomic mass is 9.95. The van der Waals surface area contributed by atoms with Crippen molar-refractivity contribution in [3.05, 3.63) is 35.4 Å². The van der Waals surface area contributed by atoms with Gasteiger partial charge in [0.25, 0.3) is 0 Å². The molecule has 0 aliphatic rings. The van der Waals surface area contributed by atoms with Crippen LogP contribution >= 0.6 is 0 Å². The van der Waals surface area contributed by atoms with E-state index in [1.165, 1.54) is 0 Å². The van der Waals surface area contributed by atoms with Crippen LogP contribution in [0.3, 0.4) is 0 Å². The van der Waals surface area contributed by atoms with Crippen LogP contribution in [0.4, 0.5) is 4.79 Å². The molecule has 2 unspecified atom stereocenters. The monoisotopic (exact) mass is 321 g/mol. The Bertz CT molecular complexity index is 548. The van der Waals surface area contributed by atoms with Crippen molar-refractivity contribution in [1.29, 1.82) is 0 Å². The summed E-state index contributed by atoms with van der Waals surface area (Å²) < 4.78 is 5.21. The number of carboxylic acids is 1. The van der Waals surface area contributed by atoms with E-state index in [1.807, 2.05) is 52.0 Å². The number of carboxylic acid groups (broad SMARTS) is 1. The minimum absolute atomic E-state index is 0.114. The molecule has 0 saturated heterocycles. The zero-order valence-electron chi connectivity index (χ0n) is 14.6. The summed E-state index contributed by atoms with van der Waals surface area (Å²) in [6, 6.07) is 7.83. The minimum atomic E-state index is -0.796. The van der Waals surface area contributed by atoms with Gasteiger partial charge < -0.3 is 15.2 Å². The number of carbonyl (C=O) groups is 2. The second-order valence-electron chi connectivity index (χ2n) is 6.97. The third-order valence-electron chi connectivity index (χ3n) is 3.44. The predicted molar refractivity (Wildman–Crippen MR) is 89.6 cm³/mol. The molecule has 0 aliphatic carbocycles. The number of benzene rings is 1. The van der Waals surface area contributed by atoms with Crippen molar-refractivity contribution in [3.63, 3.8) is 0 Å². The lowest BCUT2D eigenvalue weighted by molar-refractivity contribution is -0.141. The van der Waals surface area contributed by atoms with E-state index < -0.39 is 23.6 Å². The fourth-order valence-corrected chi connectivity index (χ4v) is 2.14. The average molecular weight is 321 g/mol. The van der Waals surface area contributed by atoms with Gasteiger partial charge in [-0.2, -0.15) is 0 Å². The number of hydrogen-bond donors (Lipinski definition) is 2. The van der Waals surface area contributed by atoms with E-state index >= 15 is 0 Å². The number of ether oxygens (including phenoxy) is 1. The smallest absolute Gasteiger partial charge is 0.407 e. The zero-order chi connectivity index (χ0) is 17.6. The van der Waals surface area contributed by atoms with E-state index in [2.05, 4.69) is 5.32 Å². The van der Waals surface area contributed by atoms with E-state index in [0.717, 1.165) is 11.1 Å². The Balaban J connectivity index is 2.61. The summed E-state index contributed by atoms with van der Waals surface area (Å²) >= 11 is 0. The molecule has 0 aliphatic heterocycles. The molecule has 1 aromatic rings. The lowest BCUT2D eigenvalue weighted by Gasteiger charge is -2.21. The topological polar surface area (TPSA) is 75.6 Å². The summed E-state index contributed by atoms with van der Waals surface area (Å²) in [5.41, 5.74) is 1.54. The molecule has 5 nitrogen and oxygen atoms in total. The van der Waals surface area contributed by atoms with Crippen LogP contribution in [-0.2, 0) is 16.0 Å². The first-order chi connectivity index (χ1) is 10.6. The SMILES string of the molecule is CC(Cc1cccc(C(C)CNC(=O)OC(C)(C)C)c1)C(=O)O. The molecule has 1 rings (SSSR count). The molecule has 5 heteroatoms. The highest BCUT2D eigenvalue weighted by atomic mass is 16.6. The number of nitrogens with one attached hydrogen (secondary N) is 1. The highest BCUT2D eigenvalue weighted by molar-refractivity contribution is 5.70. The standard InChI is InChI=1S/C18H27NO4/c1-12(16(20)21)9-14-7-6-8-15(10-14)13(2)11-19-17(22)23-18(3,4)5/h6-8,10,12-13H,9,11H2,1-5H3,(H,19,22)(H,20,21). The van der Waals surface area contributed by atoms with Crippen molar-refractivity contribution in [3.8, 4) is 0 Å². The number of carbonyl (C=O) groups excluding carboxylic acids is 1. The van der Waals surface area contributed by atoms with Crippen molar-refractivity contribution in [2.75, 3.05) is 6.54 Å². The maximum Gasteiger partial charge on any atom is 0.407 e. The van der Waals surface area contributed by atoms with Gasteiger partial charge in [0.05, 0.1) is 5.92 Å². The fourth-order valence-electron chi connectivity index (χ4n) is 2.14. The molecule has 128 valence electrons. The van der Waals surface area contributed by atoms with Crippen LogP contribution in [0, 0.1) is 5.92 Å². The molecule has 0 bridgehead atoms. The van der Waals surface area contributed by atoms with Gasteiger partial charge in [0, 0.05) is 6.54 Å². The molecule has 0 fully saturated rings. The second-order valence-corrected chi connectivity index (χ2v) is 6.97. The number of amides is 1. The molecule has 2 N–H and O–H groups in total. The molecular formula is C18H27NO4. The van der Waals surface area contributed by atoms with Gasteiger partial charge in [0.1, 0.15) is 5.60 Å². The number of aliphatic carboxylic acids is 1. The highest BCUT2D eigenvalue weighted by Gasteiger charge is 2.17. The summed E-state index contributed by atoms with van der Waals surface area (Å²) in [7, 11) is 0. The molecule has 1 aromatic carbocycles. The first-order valence-electron chi connectivity index (χ1n) is 7.87. The Kier molecular flexibility index (Phi) is 6.61. The third-order valence-corrected chi connectivity index (χ3v) is 3.44. The Labute approximate surface area is 138 Å². The van der Waals surface area contributed by atoms with Gasteiger partial charge in [-0.1, -0.05) is 38.1 Å². The molecule has 0 aromatic heterocycles. The van der Waals surface area contributed by atoms with Crippen LogP contribution in [0.15, 0.2) is 24.3 Å². The number of alkyl carbamates (subject to hydrolysis) is 1. The minimum Gasteiger partial charge on any atom is -0.481 e. The van der Waals surface area contributed by atoms with E-state index in [4.69, 9.17) is 9.84 Å². The number of hydrogen-bond acceptors (Lipinski definition) is 3. The van der Waals surface area contributed by atoms with Crippen molar-refractivity contribution in [2.45, 2.75) is 52.6 Å². The van der Waals surface area contributed by atoms with Gasteiger partial charge in [0.15, 0.2) is 0 Å². The molecule has 0 radical (unpaired) electrons. The van der Waals surface area contributed by atoms with Gasteiger partial charge >= 0.3 is 12.1 Å². The quantitative estimate of drug-likeness (QED) is 0.839. The third kappa shape index (κ3) is 7.17. The zero-order valence-corrected chi connectivity index (χ0v) is 14.6. The van der Waals surface area contributed by atoms with Crippen LogP contribution in [0.5, 0.6) is 0 Å². The highest BCUT2D eigenvalue weighted by Crippen LogP contribution is 2.18. The van der Waals surface area contributed by atoms with Crippen molar-refractivity contribution >= 4 is 12.1 Å². The molecule has 0 heterocycles. The summed E-state index contributed by atoms with van der Waals surface area (Å²) in [5.74, 6) is -1.10. The Hall–Kier alpha value is -2.04. The first-order valence-corrected chi connectivity index (χ1v) is 7.87. The Morgan fingerprint density at radius 2 is 1.91 bits per heavy atom. The van der Waals surface area contributed by atoms with Crippen molar-refractivity contribution in [1.82, 2.24) is 5.32 Å². The fraction of sp³-hybridized carbons (Fsp3) is 0.556. The van der Waals surface area contributed by atoms with Crippen LogP contribution in [0.1, 0.15) is 51.7 Å². The van der Waals surface area contributed by atoms with E-state index in [1.54, 1.807) is 6.92 Å². The van der Waals surface area contributed by atoms with Crippen LogP contribution in [0.2, 0.25) is 0 Å². The van der Waals surface area contributed by atoms with E-state index in [9.17, 15) is 9.59 Å². The van der Waals surface area contributed by atoms with E-state index in [-0.39, 0.29) is 5.92 Å². The molecular weight excluding hydrogens is 294 g/mol. The molecule has 0 saturated carbocycles. The van der Waals surface area contributed by atoms with Gasteiger partial charge in [-0.25, -0.2) is 4.79 Å². The van der Waals surface area contributed by atoms with E-state index in [0.29, 0.717) is 13.0 Å². The van der Waals surface area contributed by atoms with Gasteiger partial charge in [-0.15, -0.1) is 0 Å².